The average molecular weight is 429 g/mol. The van der Waals surface area contributed by atoms with E-state index in [1.54, 1.807) is 0 Å². The molecule has 0 spiro atoms. The van der Waals surface area contributed by atoms with Gasteiger partial charge in [-0.05, 0) is 45.3 Å². The fraction of sp³-hybridized carbons (Fsp3) is 1.00. The van der Waals surface area contributed by atoms with Gasteiger partial charge in [0.2, 0.25) is 0 Å². The van der Waals surface area contributed by atoms with Gasteiger partial charge < -0.3 is 15.5 Å². The van der Waals surface area contributed by atoms with Crippen LogP contribution >= 0.6 is 0 Å². The fourth-order valence-corrected chi connectivity index (χ4v) is 4.11. The molecule has 0 amide bonds. The second-order valence-corrected chi connectivity index (χ2v) is 9.50. The SMILES string of the molecule is CCCCCCCCCCCCCCC(C)C(O)CN(CCCNC)CC(O)CC. The highest BCUT2D eigenvalue weighted by Gasteiger charge is 2.19. The van der Waals surface area contributed by atoms with E-state index in [0.29, 0.717) is 19.0 Å². The van der Waals surface area contributed by atoms with Crippen LogP contribution in [0.5, 0.6) is 0 Å². The summed E-state index contributed by atoms with van der Waals surface area (Å²) in [6, 6.07) is 0. The minimum absolute atomic E-state index is 0.293. The van der Waals surface area contributed by atoms with Crippen molar-refractivity contribution in [3.63, 3.8) is 0 Å². The summed E-state index contributed by atoms with van der Waals surface area (Å²) in [5, 5.41) is 23.9. The Morgan fingerprint density at radius 1 is 0.733 bits per heavy atom. The lowest BCUT2D eigenvalue weighted by Crippen LogP contribution is -2.41. The molecule has 0 aromatic rings. The number of nitrogens with zero attached hydrogens (tertiary/aromatic N) is 1. The van der Waals surface area contributed by atoms with E-state index in [4.69, 9.17) is 0 Å². The number of nitrogens with one attached hydrogen (secondary N) is 1. The molecule has 4 nitrogen and oxygen atoms in total. The summed E-state index contributed by atoms with van der Waals surface area (Å²) < 4.78 is 0. The van der Waals surface area contributed by atoms with Crippen molar-refractivity contribution in [2.75, 3.05) is 33.2 Å². The second kappa shape index (κ2) is 22.0. The zero-order chi connectivity index (χ0) is 22.5. The second-order valence-electron chi connectivity index (χ2n) is 9.50. The first-order chi connectivity index (χ1) is 14.5. The number of rotatable bonds is 23. The Hall–Kier alpha value is -0.160. The van der Waals surface area contributed by atoms with Gasteiger partial charge in [0.05, 0.1) is 12.2 Å². The predicted octanol–water partition coefficient (Wildman–Crippen LogP) is 5.76. The highest BCUT2D eigenvalue weighted by Crippen LogP contribution is 2.17. The van der Waals surface area contributed by atoms with Gasteiger partial charge in [0.1, 0.15) is 0 Å². The molecule has 3 N–H and O–H groups in total. The normalized spacial score (nSPS) is 14.9. The summed E-state index contributed by atoms with van der Waals surface area (Å²) >= 11 is 0. The molecule has 0 heterocycles. The molecule has 0 aliphatic heterocycles. The Kier molecular flexibility index (Phi) is 21.9. The number of unbranched alkanes of at least 4 members (excludes halogenated alkanes) is 11. The Bertz CT molecular complexity index is 341. The van der Waals surface area contributed by atoms with Crippen LogP contribution in [0.3, 0.4) is 0 Å². The summed E-state index contributed by atoms with van der Waals surface area (Å²) in [5.74, 6) is 0.332. The molecule has 0 bridgehead atoms. The van der Waals surface area contributed by atoms with Crippen molar-refractivity contribution < 1.29 is 10.2 Å². The third-order valence-corrected chi connectivity index (χ3v) is 6.46. The first-order valence-electron chi connectivity index (χ1n) is 13.3. The van der Waals surface area contributed by atoms with Gasteiger partial charge in [-0.3, -0.25) is 4.90 Å². The molecule has 30 heavy (non-hydrogen) atoms. The molecule has 0 saturated carbocycles. The van der Waals surface area contributed by atoms with Crippen molar-refractivity contribution in [3.8, 4) is 0 Å². The van der Waals surface area contributed by atoms with Crippen molar-refractivity contribution in [1.82, 2.24) is 10.2 Å². The lowest BCUT2D eigenvalue weighted by molar-refractivity contribution is 0.0410. The van der Waals surface area contributed by atoms with Crippen LogP contribution in [-0.2, 0) is 0 Å². The van der Waals surface area contributed by atoms with E-state index in [0.717, 1.165) is 32.4 Å². The van der Waals surface area contributed by atoms with Crippen LogP contribution in [0.2, 0.25) is 0 Å². The summed E-state index contributed by atoms with van der Waals surface area (Å²) in [7, 11) is 1.97. The summed E-state index contributed by atoms with van der Waals surface area (Å²) in [5.41, 5.74) is 0. The molecule has 4 heteroatoms. The molecule has 3 atom stereocenters. The molecule has 0 aliphatic rings. The van der Waals surface area contributed by atoms with Crippen molar-refractivity contribution in [3.05, 3.63) is 0 Å². The van der Waals surface area contributed by atoms with Crippen LogP contribution in [0.15, 0.2) is 0 Å². The topological polar surface area (TPSA) is 55.7 Å². The molecule has 3 unspecified atom stereocenters. The first-order valence-corrected chi connectivity index (χ1v) is 13.3. The predicted molar refractivity (Wildman–Crippen MR) is 132 cm³/mol. The quantitative estimate of drug-likeness (QED) is 0.181. The standard InChI is InChI=1S/C26H56N2O2/c1-5-7-8-9-10-11-12-13-14-15-16-17-19-24(3)26(30)23-28(21-18-20-27-4)22-25(29)6-2/h24-27,29-30H,5-23H2,1-4H3. The average Bonchev–Trinajstić information content (AvgIpc) is 2.74. The van der Waals surface area contributed by atoms with E-state index < -0.39 is 0 Å². The molecule has 0 aromatic carbocycles. The zero-order valence-electron chi connectivity index (χ0n) is 21.0. The van der Waals surface area contributed by atoms with Crippen molar-refractivity contribution in [2.45, 2.75) is 129 Å². The van der Waals surface area contributed by atoms with E-state index in [-0.39, 0.29) is 12.2 Å². The molecular weight excluding hydrogens is 372 g/mol. The molecule has 0 fully saturated rings. The van der Waals surface area contributed by atoms with Crippen molar-refractivity contribution in [1.29, 1.82) is 0 Å². The molecule has 0 aliphatic carbocycles. The Morgan fingerprint density at radius 3 is 1.77 bits per heavy atom. The molecule has 0 radical (unpaired) electrons. The summed E-state index contributed by atoms with van der Waals surface area (Å²) in [6.45, 7) is 9.74. The van der Waals surface area contributed by atoms with Crippen LogP contribution < -0.4 is 5.32 Å². The third-order valence-electron chi connectivity index (χ3n) is 6.46. The third kappa shape index (κ3) is 18.6. The number of aliphatic hydroxyl groups excluding tert-OH is 2. The minimum atomic E-state index is -0.295. The Morgan fingerprint density at radius 2 is 1.27 bits per heavy atom. The van der Waals surface area contributed by atoms with Crippen LogP contribution in [0, 0.1) is 5.92 Å². The van der Waals surface area contributed by atoms with Gasteiger partial charge in [-0.1, -0.05) is 97.8 Å². The maximum atomic E-state index is 10.7. The van der Waals surface area contributed by atoms with E-state index in [2.05, 4.69) is 24.1 Å². The molecule has 0 aromatic heterocycles. The highest BCUT2D eigenvalue weighted by molar-refractivity contribution is 4.73. The van der Waals surface area contributed by atoms with Crippen molar-refractivity contribution >= 4 is 0 Å². The van der Waals surface area contributed by atoms with Crippen LogP contribution in [-0.4, -0.2) is 60.5 Å². The van der Waals surface area contributed by atoms with Gasteiger partial charge in [-0.15, -0.1) is 0 Å². The molecule has 182 valence electrons. The van der Waals surface area contributed by atoms with Crippen LogP contribution in [0.1, 0.15) is 117 Å². The number of hydrogen-bond acceptors (Lipinski definition) is 4. The summed E-state index contributed by atoms with van der Waals surface area (Å²) in [4.78, 5) is 2.24. The van der Waals surface area contributed by atoms with E-state index in [1.807, 2.05) is 14.0 Å². The highest BCUT2D eigenvalue weighted by atomic mass is 16.3. The van der Waals surface area contributed by atoms with E-state index >= 15 is 0 Å². The first kappa shape index (κ1) is 29.8. The number of aliphatic hydroxyl groups is 2. The van der Waals surface area contributed by atoms with E-state index in [1.165, 1.54) is 77.0 Å². The molecule has 0 rings (SSSR count). The van der Waals surface area contributed by atoms with Crippen LogP contribution in [0.4, 0.5) is 0 Å². The maximum Gasteiger partial charge on any atom is 0.0692 e. The fourth-order valence-electron chi connectivity index (χ4n) is 4.11. The van der Waals surface area contributed by atoms with Crippen LogP contribution in [0.25, 0.3) is 0 Å². The number of hydrogen-bond donors (Lipinski definition) is 3. The maximum absolute atomic E-state index is 10.7. The van der Waals surface area contributed by atoms with E-state index in [9.17, 15) is 10.2 Å². The van der Waals surface area contributed by atoms with Gasteiger partial charge in [-0.25, -0.2) is 0 Å². The lowest BCUT2D eigenvalue weighted by atomic mass is 9.96. The van der Waals surface area contributed by atoms with Gasteiger partial charge >= 0.3 is 0 Å². The Labute approximate surface area is 189 Å². The smallest absolute Gasteiger partial charge is 0.0692 e. The molecular formula is C26H56N2O2. The largest absolute Gasteiger partial charge is 0.392 e. The minimum Gasteiger partial charge on any atom is -0.392 e. The van der Waals surface area contributed by atoms with Gasteiger partial charge in [0, 0.05) is 13.1 Å². The van der Waals surface area contributed by atoms with Gasteiger partial charge in [-0.2, -0.15) is 0 Å². The lowest BCUT2D eigenvalue weighted by Gasteiger charge is -2.29. The monoisotopic (exact) mass is 428 g/mol. The zero-order valence-corrected chi connectivity index (χ0v) is 21.0. The van der Waals surface area contributed by atoms with Crippen molar-refractivity contribution in [2.24, 2.45) is 5.92 Å². The van der Waals surface area contributed by atoms with Gasteiger partial charge in [0.15, 0.2) is 0 Å². The molecule has 0 saturated heterocycles. The summed E-state index contributed by atoms with van der Waals surface area (Å²) in [6.07, 6.45) is 18.8. The van der Waals surface area contributed by atoms with Gasteiger partial charge in [0.25, 0.3) is 0 Å². The Balaban J connectivity index is 3.80.